The minimum Gasteiger partial charge on any atom is -0.508 e. The van der Waals surface area contributed by atoms with Crippen LogP contribution in [0.15, 0.2) is 24.3 Å². The number of hydrogen-bond acceptors (Lipinski definition) is 8. The maximum atomic E-state index is 17.0. The van der Waals surface area contributed by atoms with Gasteiger partial charge in [-0.15, -0.1) is 6.42 Å². The number of anilines is 1. The second kappa shape index (κ2) is 11.6. The molecule has 0 bridgehead atoms. The van der Waals surface area contributed by atoms with Crippen molar-refractivity contribution < 1.29 is 18.6 Å². The molecule has 1 saturated carbocycles. The van der Waals surface area contributed by atoms with Gasteiger partial charge in [0.1, 0.15) is 35.2 Å². The highest BCUT2D eigenvalue weighted by Crippen LogP contribution is 2.42. The lowest BCUT2D eigenvalue weighted by molar-refractivity contribution is 0.108. The molecule has 3 N–H and O–H groups in total. The molecule has 3 fully saturated rings. The van der Waals surface area contributed by atoms with Gasteiger partial charge in [-0.05, 0) is 94.5 Å². The first kappa shape index (κ1) is 29.3. The number of nitrogens with one attached hydrogen (secondary N) is 2. The van der Waals surface area contributed by atoms with Gasteiger partial charge in [-0.3, -0.25) is 4.90 Å². The first-order valence-electron chi connectivity index (χ1n) is 16.6. The van der Waals surface area contributed by atoms with Crippen LogP contribution in [-0.4, -0.2) is 68.8 Å². The molecule has 46 heavy (non-hydrogen) atoms. The third kappa shape index (κ3) is 5.01. The molecule has 5 heterocycles. The predicted octanol–water partition coefficient (Wildman–Crippen LogP) is 6.08. The van der Waals surface area contributed by atoms with Crippen molar-refractivity contribution in [3.8, 4) is 35.4 Å². The van der Waals surface area contributed by atoms with Crippen LogP contribution in [0.5, 0.6) is 11.8 Å². The van der Waals surface area contributed by atoms with Crippen molar-refractivity contribution in [3.05, 3.63) is 47.2 Å². The minimum atomic E-state index is -0.695. The summed E-state index contributed by atoms with van der Waals surface area (Å²) in [4.78, 5) is 16.9. The predicted molar refractivity (Wildman–Crippen MR) is 174 cm³/mol. The average molecular weight is 625 g/mol. The largest absolute Gasteiger partial charge is 0.508 e. The molecule has 0 spiro atoms. The summed E-state index contributed by atoms with van der Waals surface area (Å²) in [5, 5.41) is 19.2. The number of nitrogens with zero attached hydrogens (tertiary/aromatic N) is 4. The number of rotatable bonds is 7. The molecule has 2 saturated heterocycles. The minimum absolute atomic E-state index is 0.00993. The highest BCUT2D eigenvalue weighted by Gasteiger charge is 2.45. The maximum Gasteiger partial charge on any atom is 0.319 e. The van der Waals surface area contributed by atoms with E-state index < -0.39 is 11.6 Å². The van der Waals surface area contributed by atoms with Gasteiger partial charge in [0.15, 0.2) is 5.82 Å². The SMILES string of the molecule is C#Cc1c(F)ccc2cc(O)cc(-c3nc4c5c(nc(OCC67CCCN6CCC7)nc5c3F)NC(CNC3CCC3)CCC4)c12. The Hall–Kier alpha value is -4.07. The molecule has 1 unspecified atom stereocenters. The third-order valence-corrected chi connectivity index (χ3v) is 10.6. The van der Waals surface area contributed by atoms with Gasteiger partial charge in [-0.2, -0.15) is 9.97 Å². The average Bonchev–Trinajstić information content (AvgIpc) is 3.60. The molecule has 1 aliphatic carbocycles. The van der Waals surface area contributed by atoms with Crippen molar-refractivity contribution in [2.24, 2.45) is 0 Å². The van der Waals surface area contributed by atoms with Crippen molar-refractivity contribution >= 4 is 27.5 Å². The number of terminal acetylenes is 1. The fourth-order valence-corrected chi connectivity index (χ4v) is 8.02. The van der Waals surface area contributed by atoms with Crippen LogP contribution in [-0.2, 0) is 6.42 Å². The van der Waals surface area contributed by atoms with E-state index in [1.54, 1.807) is 0 Å². The topological polar surface area (TPSA) is 95.4 Å². The first-order chi connectivity index (χ1) is 22.4. The van der Waals surface area contributed by atoms with Crippen molar-refractivity contribution in [1.29, 1.82) is 0 Å². The summed E-state index contributed by atoms with van der Waals surface area (Å²) < 4.78 is 38.3. The molecule has 4 aliphatic rings. The lowest BCUT2D eigenvalue weighted by Gasteiger charge is -2.32. The van der Waals surface area contributed by atoms with Gasteiger partial charge in [-0.1, -0.05) is 18.4 Å². The van der Waals surface area contributed by atoms with Crippen LogP contribution in [0.1, 0.15) is 69.0 Å². The molecule has 2 aromatic carbocycles. The molecular weight excluding hydrogens is 586 g/mol. The van der Waals surface area contributed by atoms with Crippen molar-refractivity contribution in [2.75, 3.05) is 31.6 Å². The van der Waals surface area contributed by atoms with E-state index in [0.29, 0.717) is 46.7 Å². The van der Waals surface area contributed by atoms with Crippen molar-refractivity contribution in [3.63, 3.8) is 0 Å². The highest BCUT2D eigenvalue weighted by atomic mass is 19.1. The Kier molecular flexibility index (Phi) is 7.41. The number of phenols is 1. The molecule has 8 rings (SSSR count). The van der Waals surface area contributed by atoms with Gasteiger partial charge < -0.3 is 20.5 Å². The molecule has 2 aromatic heterocycles. The summed E-state index contributed by atoms with van der Waals surface area (Å²) >= 11 is 0. The molecule has 10 heteroatoms. The first-order valence-corrected chi connectivity index (χ1v) is 16.6. The third-order valence-electron chi connectivity index (χ3n) is 10.6. The van der Waals surface area contributed by atoms with E-state index in [1.165, 1.54) is 43.5 Å². The fourth-order valence-electron chi connectivity index (χ4n) is 8.02. The Labute approximate surface area is 267 Å². The molecule has 1 atom stereocenters. The molecule has 0 amide bonds. The molecular formula is C36H38F2N6O2. The summed E-state index contributed by atoms with van der Waals surface area (Å²) in [6.45, 7) is 3.35. The van der Waals surface area contributed by atoms with E-state index in [9.17, 15) is 9.50 Å². The van der Waals surface area contributed by atoms with E-state index >= 15 is 4.39 Å². The standard InChI is InChI=1S/C36H38F2N6O2/c1-2-25-27(37)12-11-21-17-24(45)18-26(29(21)25)32-31(38)33-30-28(41-32)10-4-9-23(19-39-22-7-3-8-22)40-34(30)43-35(42-33)46-20-36-13-5-15-44(36)16-6-14-36/h1,11-12,17-18,22-23,39,45H,3-10,13-16,19-20H2,(H,40,42,43). The van der Waals surface area contributed by atoms with E-state index in [0.717, 1.165) is 58.2 Å². The van der Waals surface area contributed by atoms with Crippen LogP contribution in [0.3, 0.4) is 0 Å². The van der Waals surface area contributed by atoms with Crippen molar-refractivity contribution in [2.45, 2.75) is 81.8 Å². The smallest absolute Gasteiger partial charge is 0.319 e. The molecule has 3 aliphatic heterocycles. The number of hydrogen-bond donors (Lipinski definition) is 3. The highest BCUT2D eigenvalue weighted by molar-refractivity contribution is 6.03. The van der Waals surface area contributed by atoms with E-state index in [-0.39, 0.29) is 45.7 Å². The summed E-state index contributed by atoms with van der Waals surface area (Å²) in [5.74, 6) is 1.53. The van der Waals surface area contributed by atoms with Crippen LogP contribution >= 0.6 is 0 Å². The Bertz CT molecular complexity index is 1880. The second-order valence-electron chi connectivity index (χ2n) is 13.4. The Balaban J connectivity index is 1.27. The zero-order valence-corrected chi connectivity index (χ0v) is 25.8. The summed E-state index contributed by atoms with van der Waals surface area (Å²) in [6, 6.07) is 6.41. The Morgan fingerprint density at radius 2 is 1.87 bits per heavy atom. The quantitative estimate of drug-likeness (QED) is 0.213. The van der Waals surface area contributed by atoms with Gasteiger partial charge in [0, 0.05) is 29.6 Å². The molecule has 8 nitrogen and oxygen atoms in total. The number of ether oxygens (including phenoxy) is 1. The van der Waals surface area contributed by atoms with Crippen LogP contribution in [0.4, 0.5) is 14.6 Å². The van der Waals surface area contributed by atoms with Crippen molar-refractivity contribution in [1.82, 2.24) is 25.2 Å². The van der Waals surface area contributed by atoms with E-state index in [1.807, 2.05) is 0 Å². The van der Waals surface area contributed by atoms with Crippen LogP contribution < -0.4 is 15.4 Å². The van der Waals surface area contributed by atoms with Gasteiger partial charge in [0.05, 0.1) is 22.2 Å². The monoisotopic (exact) mass is 624 g/mol. The number of aryl methyl sites for hydroxylation is 1. The summed E-state index contributed by atoms with van der Waals surface area (Å²) in [5.41, 5.74) is 0.852. The maximum absolute atomic E-state index is 17.0. The number of pyridine rings is 1. The van der Waals surface area contributed by atoms with Crippen LogP contribution in [0.2, 0.25) is 0 Å². The number of benzene rings is 2. The molecule has 0 radical (unpaired) electrons. The van der Waals surface area contributed by atoms with Crippen LogP contribution in [0, 0.1) is 24.0 Å². The van der Waals surface area contributed by atoms with Gasteiger partial charge in [-0.25, -0.2) is 13.8 Å². The lowest BCUT2D eigenvalue weighted by atomic mass is 9.92. The number of phenolic OH excluding ortho intramolecular Hbond substituents is 1. The van der Waals surface area contributed by atoms with Crippen LogP contribution in [0.25, 0.3) is 32.9 Å². The zero-order chi connectivity index (χ0) is 31.4. The fraction of sp³-hybridized carbons (Fsp3) is 0.472. The number of fused-ring (bicyclic) bond motifs is 2. The second-order valence-corrected chi connectivity index (χ2v) is 13.4. The van der Waals surface area contributed by atoms with E-state index in [2.05, 4.69) is 21.5 Å². The Morgan fingerprint density at radius 3 is 2.63 bits per heavy atom. The van der Waals surface area contributed by atoms with Gasteiger partial charge >= 0.3 is 6.01 Å². The number of aromatic nitrogens is 3. The lowest BCUT2D eigenvalue weighted by Crippen LogP contribution is -2.43. The molecule has 4 aromatic rings. The Morgan fingerprint density at radius 1 is 1.04 bits per heavy atom. The molecule has 238 valence electrons. The summed E-state index contributed by atoms with van der Waals surface area (Å²) in [7, 11) is 0. The number of aromatic hydroxyl groups is 1. The number of halogens is 2. The van der Waals surface area contributed by atoms with E-state index in [4.69, 9.17) is 26.1 Å². The van der Waals surface area contributed by atoms with Gasteiger partial charge in [0.25, 0.3) is 0 Å². The summed E-state index contributed by atoms with van der Waals surface area (Å²) in [6.07, 6.45) is 16.0. The van der Waals surface area contributed by atoms with Gasteiger partial charge in [0.2, 0.25) is 0 Å². The normalized spacial score (nSPS) is 20.9. The zero-order valence-electron chi connectivity index (χ0n) is 25.8.